The SMILES string of the molecule is O=C1c2ccccc2C(=O)N1[C@H](Cc1ccccc1)CS(=O)(=O)O. The van der Waals surface area contributed by atoms with E-state index in [0.717, 1.165) is 10.5 Å². The topological polar surface area (TPSA) is 91.8 Å². The van der Waals surface area contributed by atoms with Crippen LogP contribution in [0.25, 0.3) is 0 Å². The van der Waals surface area contributed by atoms with Crippen molar-refractivity contribution in [1.29, 1.82) is 0 Å². The molecule has 0 bridgehead atoms. The Balaban J connectivity index is 1.97. The summed E-state index contributed by atoms with van der Waals surface area (Å²) in [6.45, 7) is 0. The van der Waals surface area contributed by atoms with Gasteiger partial charge in [0.05, 0.1) is 22.9 Å². The van der Waals surface area contributed by atoms with Crippen molar-refractivity contribution in [3.8, 4) is 0 Å². The normalized spacial score (nSPS) is 15.5. The van der Waals surface area contributed by atoms with E-state index in [9.17, 15) is 22.6 Å². The van der Waals surface area contributed by atoms with Gasteiger partial charge in [-0.1, -0.05) is 42.5 Å². The fourth-order valence-corrected chi connectivity index (χ4v) is 3.65. The van der Waals surface area contributed by atoms with Gasteiger partial charge in [-0.05, 0) is 24.1 Å². The predicted octanol–water partition coefficient (Wildman–Crippen LogP) is 1.78. The standard InChI is InChI=1S/C17H15NO5S/c19-16-14-8-4-5-9-15(14)17(20)18(16)13(11-24(21,22)23)10-12-6-2-1-3-7-12/h1-9,13H,10-11H2,(H,21,22,23)/t13-/m1/s1. The van der Waals surface area contributed by atoms with Crippen molar-refractivity contribution < 1.29 is 22.6 Å². The summed E-state index contributed by atoms with van der Waals surface area (Å²) in [5, 5.41) is 0. The highest BCUT2D eigenvalue weighted by Gasteiger charge is 2.41. The Morgan fingerprint density at radius 1 is 0.875 bits per heavy atom. The number of carbonyl (C=O) groups is 2. The van der Waals surface area contributed by atoms with Gasteiger partial charge in [0.2, 0.25) is 0 Å². The smallest absolute Gasteiger partial charge is 0.266 e. The maximum Gasteiger partial charge on any atom is 0.266 e. The summed E-state index contributed by atoms with van der Waals surface area (Å²) < 4.78 is 32.0. The molecule has 1 atom stereocenters. The van der Waals surface area contributed by atoms with Gasteiger partial charge in [-0.25, -0.2) is 0 Å². The van der Waals surface area contributed by atoms with Crippen molar-refractivity contribution in [1.82, 2.24) is 4.90 Å². The molecule has 24 heavy (non-hydrogen) atoms. The van der Waals surface area contributed by atoms with Gasteiger partial charge in [-0.15, -0.1) is 0 Å². The Bertz CT molecular complexity index is 857. The molecule has 0 aromatic heterocycles. The average Bonchev–Trinajstić information content (AvgIpc) is 2.78. The zero-order valence-electron chi connectivity index (χ0n) is 12.6. The first kappa shape index (κ1) is 16.4. The minimum Gasteiger partial charge on any atom is -0.285 e. The van der Waals surface area contributed by atoms with Gasteiger partial charge in [-0.3, -0.25) is 19.0 Å². The van der Waals surface area contributed by atoms with E-state index in [1.807, 2.05) is 6.07 Å². The number of carbonyl (C=O) groups excluding carboxylic acids is 2. The van der Waals surface area contributed by atoms with E-state index >= 15 is 0 Å². The molecule has 0 saturated heterocycles. The third-order valence-electron chi connectivity index (χ3n) is 3.91. The summed E-state index contributed by atoms with van der Waals surface area (Å²) in [5.41, 5.74) is 1.26. The quantitative estimate of drug-likeness (QED) is 0.659. The van der Waals surface area contributed by atoms with Crippen LogP contribution in [0.5, 0.6) is 0 Å². The Kier molecular flexibility index (Phi) is 4.21. The van der Waals surface area contributed by atoms with E-state index in [0.29, 0.717) is 0 Å². The summed E-state index contributed by atoms with van der Waals surface area (Å²) in [5.74, 6) is -1.78. The van der Waals surface area contributed by atoms with Gasteiger partial charge < -0.3 is 0 Å². The van der Waals surface area contributed by atoms with E-state index in [1.54, 1.807) is 36.4 Å². The van der Waals surface area contributed by atoms with Crippen LogP contribution in [0.4, 0.5) is 0 Å². The number of hydrogen-bond donors (Lipinski definition) is 1. The number of rotatable bonds is 5. The average molecular weight is 345 g/mol. The molecule has 1 aliphatic heterocycles. The van der Waals surface area contributed by atoms with Crippen molar-refractivity contribution in [2.75, 3.05) is 5.75 Å². The molecule has 124 valence electrons. The van der Waals surface area contributed by atoms with Gasteiger partial charge in [-0.2, -0.15) is 8.42 Å². The molecule has 0 fully saturated rings. The van der Waals surface area contributed by atoms with Gasteiger partial charge in [0, 0.05) is 0 Å². The molecule has 7 heteroatoms. The van der Waals surface area contributed by atoms with Crippen LogP contribution in [0.2, 0.25) is 0 Å². The lowest BCUT2D eigenvalue weighted by atomic mass is 10.1. The second-order valence-corrected chi connectivity index (χ2v) is 7.12. The molecule has 0 radical (unpaired) electrons. The monoisotopic (exact) mass is 345 g/mol. The maximum atomic E-state index is 12.6. The lowest BCUT2D eigenvalue weighted by molar-refractivity contribution is 0.0598. The lowest BCUT2D eigenvalue weighted by Gasteiger charge is -2.25. The second kappa shape index (κ2) is 6.18. The zero-order chi connectivity index (χ0) is 17.3. The molecule has 2 amide bonds. The summed E-state index contributed by atoms with van der Waals surface area (Å²) in [4.78, 5) is 26.0. The minimum atomic E-state index is -4.36. The van der Waals surface area contributed by atoms with Crippen LogP contribution in [0.1, 0.15) is 26.3 Å². The van der Waals surface area contributed by atoms with Crippen molar-refractivity contribution in [2.24, 2.45) is 0 Å². The van der Waals surface area contributed by atoms with Gasteiger partial charge in [0.1, 0.15) is 0 Å². The van der Waals surface area contributed by atoms with E-state index in [2.05, 4.69) is 0 Å². The van der Waals surface area contributed by atoms with E-state index in [-0.39, 0.29) is 17.5 Å². The number of imide groups is 1. The van der Waals surface area contributed by atoms with Crippen LogP contribution in [-0.2, 0) is 16.5 Å². The summed E-state index contributed by atoms with van der Waals surface area (Å²) in [7, 11) is -4.36. The molecule has 0 spiro atoms. The highest BCUT2D eigenvalue weighted by molar-refractivity contribution is 7.85. The van der Waals surface area contributed by atoms with Crippen LogP contribution in [-0.4, -0.2) is 41.5 Å². The van der Waals surface area contributed by atoms with Crippen molar-refractivity contribution in [3.05, 3.63) is 71.3 Å². The molecular formula is C17H15NO5S. The molecule has 6 nitrogen and oxygen atoms in total. The van der Waals surface area contributed by atoms with E-state index in [4.69, 9.17) is 0 Å². The molecular weight excluding hydrogens is 330 g/mol. The fraction of sp³-hybridized carbons (Fsp3) is 0.176. The van der Waals surface area contributed by atoms with E-state index < -0.39 is 33.7 Å². The predicted molar refractivity (Wildman–Crippen MR) is 87.3 cm³/mol. The van der Waals surface area contributed by atoms with Crippen LogP contribution in [0, 0.1) is 0 Å². The molecule has 0 unspecified atom stereocenters. The van der Waals surface area contributed by atoms with Crippen LogP contribution < -0.4 is 0 Å². The molecule has 2 aromatic rings. The first-order valence-electron chi connectivity index (χ1n) is 7.33. The number of hydrogen-bond acceptors (Lipinski definition) is 4. The molecule has 1 heterocycles. The van der Waals surface area contributed by atoms with Crippen molar-refractivity contribution >= 4 is 21.9 Å². The van der Waals surface area contributed by atoms with Crippen molar-refractivity contribution in [3.63, 3.8) is 0 Å². The zero-order valence-corrected chi connectivity index (χ0v) is 13.4. The number of benzene rings is 2. The third kappa shape index (κ3) is 3.22. The number of fused-ring (bicyclic) bond motifs is 1. The van der Waals surface area contributed by atoms with Crippen LogP contribution >= 0.6 is 0 Å². The van der Waals surface area contributed by atoms with Crippen LogP contribution in [0.3, 0.4) is 0 Å². The summed E-state index contributed by atoms with van der Waals surface area (Å²) in [6.07, 6.45) is 0.145. The first-order valence-corrected chi connectivity index (χ1v) is 8.94. The highest BCUT2D eigenvalue weighted by atomic mass is 32.2. The summed E-state index contributed by atoms with van der Waals surface area (Å²) >= 11 is 0. The first-order chi connectivity index (χ1) is 11.4. The summed E-state index contributed by atoms with van der Waals surface area (Å²) in [6, 6.07) is 14.3. The lowest BCUT2D eigenvalue weighted by Crippen LogP contribution is -2.45. The number of nitrogens with zero attached hydrogens (tertiary/aromatic N) is 1. The fourth-order valence-electron chi connectivity index (χ4n) is 2.89. The Hall–Kier alpha value is -2.51. The minimum absolute atomic E-state index is 0.145. The Labute approximate surface area is 139 Å². The van der Waals surface area contributed by atoms with Crippen molar-refractivity contribution in [2.45, 2.75) is 12.5 Å². The van der Waals surface area contributed by atoms with Gasteiger partial charge >= 0.3 is 0 Å². The molecule has 0 aliphatic carbocycles. The molecule has 1 N–H and O–H groups in total. The highest BCUT2D eigenvalue weighted by Crippen LogP contribution is 2.26. The number of amides is 2. The molecule has 0 saturated carbocycles. The van der Waals surface area contributed by atoms with Gasteiger partial charge in [0.15, 0.2) is 0 Å². The molecule has 3 rings (SSSR count). The molecule has 1 aliphatic rings. The van der Waals surface area contributed by atoms with Gasteiger partial charge in [0.25, 0.3) is 21.9 Å². The Morgan fingerprint density at radius 3 is 1.88 bits per heavy atom. The third-order valence-corrected chi connectivity index (χ3v) is 4.71. The Morgan fingerprint density at radius 2 is 1.38 bits per heavy atom. The second-order valence-electron chi connectivity index (χ2n) is 5.62. The maximum absolute atomic E-state index is 12.6. The largest absolute Gasteiger partial charge is 0.285 e. The van der Waals surface area contributed by atoms with Crippen LogP contribution in [0.15, 0.2) is 54.6 Å². The molecule has 2 aromatic carbocycles. The van der Waals surface area contributed by atoms with E-state index in [1.165, 1.54) is 12.1 Å².